The van der Waals surface area contributed by atoms with Gasteiger partial charge in [-0.2, -0.15) is 0 Å². The van der Waals surface area contributed by atoms with Crippen LogP contribution < -0.4 is 45.7 Å². The van der Waals surface area contributed by atoms with E-state index >= 15 is 0 Å². The van der Waals surface area contributed by atoms with Crippen LogP contribution in [0.15, 0.2) is 38.5 Å². The number of hydrogen-bond donors (Lipinski definition) is 4. The first-order valence-electron chi connectivity index (χ1n) is 10.1. The summed E-state index contributed by atoms with van der Waals surface area (Å²) in [6, 6.07) is 0.470. The van der Waals surface area contributed by atoms with Crippen molar-refractivity contribution in [3.8, 4) is 0 Å². The van der Waals surface area contributed by atoms with Crippen LogP contribution in [0.2, 0.25) is 0 Å². The smallest absolute Gasteiger partial charge is 0.862 e. The van der Waals surface area contributed by atoms with Gasteiger partial charge >= 0.3 is 35.5 Å². The molecule has 37 heavy (non-hydrogen) atoms. The molecule has 1 saturated heterocycles. The summed E-state index contributed by atoms with van der Waals surface area (Å²) in [5, 5.41) is 38.7. The number of nitrogen functional groups attached to an aromatic ring is 1. The number of nitrogens with zero attached hydrogens (tertiary/aromatic N) is 4. The van der Waals surface area contributed by atoms with Gasteiger partial charge in [-0.05, 0) is 17.5 Å². The topological polar surface area (TPSA) is 220 Å². The van der Waals surface area contributed by atoms with E-state index in [-0.39, 0.29) is 75.4 Å². The zero-order chi connectivity index (χ0) is 26.0. The monoisotopic (exact) mass is 555 g/mol. The van der Waals surface area contributed by atoms with Crippen LogP contribution in [0.4, 0.5) is 5.13 Å². The fraction of sp³-hybridized carbons (Fsp3) is 0.250. The van der Waals surface area contributed by atoms with Crippen LogP contribution in [0.25, 0.3) is 6.08 Å². The van der Waals surface area contributed by atoms with Gasteiger partial charge in [0, 0.05) is 23.6 Å². The average molecular weight is 556 g/mol. The molecule has 188 valence electrons. The Kier molecular flexibility index (Phi) is 9.14. The number of carboxylic acids is 1. The molecule has 0 aliphatic carbocycles. The molecule has 2 atom stereocenters. The van der Waals surface area contributed by atoms with Gasteiger partial charge in [0.05, 0.1) is 5.69 Å². The van der Waals surface area contributed by atoms with Crippen LogP contribution in [0, 0.1) is 5.41 Å². The number of aliphatic carboxylic acids is 1. The van der Waals surface area contributed by atoms with Crippen molar-refractivity contribution in [1.82, 2.24) is 20.4 Å². The Morgan fingerprint density at radius 2 is 2.24 bits per heavy atom. The van der Waals surface area contributed by atoms with E-state index in [0.717, 1.165) is 16.2 Å². The molecular formula is C20H18N7NaO7S2. The number of thiazole rings is 1. The van der Waals surface area contributed by atoms with Crippen molar-refractivity contribution in [1.29, 1.82) is 5.41 Å². The number of fused-ring (bicyclic) bond motifs is 1. The van der Waals surface area contributed by atoms with Gasteiger partial charge in [0.1, 0.15) is 29.9 Å². The standard InChI is InChI=1S/C20H19N7O7S2.Na/c1-33-26-13(11-7-36-20(22)23-11)16(29)24-14-17(30)27-15(19(31)32)8(6-35-18(14)27)2-3-10-4-9(25-34-10)5-12(21)28;/h2-4,7,14,18H,5-6H2,1H3,(H2,21,28)(H2,22,23)(H,24,29)(H,31,32);/q;+1/p-1/b3-2+,26-13-;. The van der Waals surface area contributed by atoms with Crippen LogP contribution in [-0.2, 0) is 25.6 Å². The van der Waals surface area contributed by atoms with Gasteiger partial charge in [-0.3, -0.25) is 14.5 Å². The van der Waals surface area contributed by atoms with Gasteiger partial charge in [0.25, 0.3) is 11.8 Å². The van der Waals surface area contributed by atoms with E-state index in [9.17, 15) is 24.6 Å². The summed E-state index contributed by atoms with van der Waals surface area (Å²) in [6.07, 6.45) is 2.73. The summed E-state index contributed by atoms with van der Waals surface area (Å²) < 4.78 is 5.07. The second-order valence-electron chi connectivity index (χ2n) is 7.39. The van der Waals surface area contributed by atoms with E-state index < -0.39 is 35.1 Å². The predicted octanol–water partition coefficient (Wildman–Crippen LogP) is -3.60. The molecule has 2 aromatic heterocycles. The van der Waals surface area contributed by atoms with Gasteiger partial charge in [0.15, 0.2) is 16.6 Å². The second-order valence-corrected chi connectivity index (χ2v) is 9.38. The molecule has 17 heteroatoms. The first-order valence-corrected chi connectivity index (χ1v) is 12.0. The maximum Gasteiger partial charge on any atom is 1.00 e. The van der Waals surface area contributed by atoms with Crippen LogP contribution in [0.1, 0.15) is 17.1 Å². The van der Waals surface area contributed by atoms with Crippen LogP contribution >= 0.6 is 23.1 Å². The van der Waals surface area contributed by atoms with Crippen molar-refractivity contribution >= 4 is 63.7 Å². The Morgan fingerprint density at radius 3 is 2.86 bits per heavy atom. The first kappa shape index (κ1) is 28.4. The molecule has 1 fully saturated rings. The van der Waals surface area contributed by atoms with Crippen LogP contribution in [-0.4, -0.2) is 73.8 Å². The number of allylic oxidation sites excluding steroid dienone is 1. The minimum atomic E-state index is -1.31. The molecule has 0 saturated carbocycles. The Hall–Kier alpha value is -3.18. The number of rotatable bonds is 9. The van der Waals surface area contributed by atoms with Crippen molar-refractivity contribution in [3.05, 3.63) is 45.9 Å². The Bertz CT molecular complexity index is 1340. The maximum absolute atomic E-state index is 12.9. The molecule has 2 unspecified atom stereocenters. The molecule has 0 bridgehead atoms. The average Bonchev–Trinajstić information content (AvgIpc) is 3.46. The Labute approximate surface area is 239 Å². The van der Waals surface area contributed by atoms with Gasteiger partial charge in [-0.25, -0.2) is 9.78 Å². The van der Waals surface area contributed by atoms with E-state index in [1.165, 1.54) is 42.5 Å². The first-order chi connectivity index (χ1) is 17.2. The minimum absolute atomic E-state index is 0. The quantitative estimate of drug-likeness (QED) is 0.0778. The van der Waals surface area contributed by atoms with Crippen LogP contribution in [0.5, 0.6) is 0 Å². The molecule has 2 amide bonds. The molecule has 0 aromatic carbocycles. The van der Waals surface area contributed by atoms with E-state index in [1.54, 1.807) is 0 Å². The fourth-order valence-electron chi connectivity index (χ4n) is 3.51. The number of anilines is 1. The second kappa shape index (κ2) is 11.9. The number of oxime groups is 1. The van der Waals surface area contributed by atoms with Crippen molar-refractivity contribution in [2.45, 2.75) is 17.8 Å². The molecule has 2 aliphatic rings. The van der Waals surface area contributed by atoms with Crippen molar-refractivity contribution in [2.24, 2.45) is 5.16 Å². The Morgan fingerprint density at radius 1 is 1.49 bits per heavy atom. The summed E-state index contributed by atoms with van der Waals surface area (Å²) in [5.41, 5.74) is 6.02. The molecule has 14 nitrogen and oxygen atoms in total. The minimum Gasteiger partial charge on any atom is -0.862 e. The summed E-state index contributed by atoms with van der Waals surface area (Å²) >= 11 is 2.37. The molecule has 5 N–H and O–H groups in total. The third kappa shape index (κ3) is 6.04. The molecule has 4 rings (SSSR count). The number of aromatic nitrogens is 2. The predicted molar refractivity (Wildman–Crippen MR) is 127 cm³/mol. The molecule has 0 radical (unpaired) electrons. The van der Waals surface area contributed by atoms with Crippen molar-refractivity contribution in [3.63, 3.8) is 0 Å². The zero-order valence-electron chi connectivity index (χ0n) is 19.5. The van der Waals surface area contributed by atoms with Crippen molar-refractivity contribution in [2.75, 3.05) is 18.6 Å². The van der Waals surface area contributed by atoms with Gasteiger partial charge in [-0.15, -0.1) is 23.1 Å². The van der Waals surface area contributed by atoms with Crippen molar-refractivity contribution < 1.29 is 63.5 Å². The molecule has 0 spiro atoms. The normalized spacial score (nSPS) is 19.2. The van der Waals surface area contributed by atoms with Gasteiger partial charge in [0.2, 0.25) is 0 Å². The van der Waals surface area contributed by atoms with E-state index in [4.69, 9.17) is 20.5 Å². The van der Waals surface area contributed by atoms with Gasteiger partial charge in [-0.1, -0.05) is 16.4 Å². The van der Waals surface area contributed by atoms with Gasteiger partial charge < -0.3 is 36.0 Å². The molecular weight excluding hydrogens is 537 g/mol. The zero-order valence-corrected chi connectivity index (χ0v) is 23.1. The summed E-state index contributed by atoms with van der Waals surface area (Å²) in [5.74, 6) is -2.97. The summed E-state index contributed by atoms with van der Waals surface area (Å²) in [4.78, 5) is 47.5. The number of carbonyl (C=O) groups is 3. The summed E-state index contributed by atoms with van der Waals surface area (Å²) in [7, 11) is 1.25. The Balaban J connectivity index is 0.00000380. The van der Waals surface area contributed by atoms with Crippen LogP contribution in [0.3, 0.4) is 0 Å². The number of β-lactam (4-membered cyclic amide) rings is 1. The van der Waals surface area contributed by atoms with E-state index in [2.05, 4.69) is 20.6 Å². The number of hydrogen-bond acceptors (Lipinski definition) is 13. The molecule has 4 heterocycles. The largest absolute Gasteiger partial charge is 1.00 e. The number of thioether (sulfide) groups is 1. The molecule has 2 aromatic rings. The third-order valence-electron chi connectivity index (χ3n) is 5.02. The number of nitrogens with two attached hydrogens (primary N) is 1. The number of nitrogens with one attached hydrogen (secondary N) is 2. The maximum atomic E-state index is 12.9. The number of carboxylic acid groups (broad SMARTS) is 1. The SMILES string of the molecule is CO/N=C(\C(=O)NC1C(=O)N2C(C(=O)O)=C(/C=C/c3cc(CC(=N)[O-])no3)CSC12)c1csc(N)n1.[Na+]. The van der Waals surface area contributed by atoms with E-state index in [0.29, 0.717) is 5.57 Å². The number of amides is 2. The molecule has 2 aliphatic heterocycles. The third-order valence-corrected chi connectivity index (χ3v) is 6.99. The number of carbonyl (C=O) groups excluding carboxylic acids is 2. The summed E-state index contributed by atoms with van der Waals surface area (Å²) in [6.45, 7) is 0. The fourth-order valence-corrected chi connectivity index (χ4v) is 5.38. The van der Waals surface area contributed by atoms with E-state index in [1.807, 2.05) is 0 Å².